The Morgan fingerprint density at radius 3 is 2.67 bits per heavy atom. The van der Waals surface area contributed by atoms with Gasteiger partial charge in [-0.25, -0.2) is 0 Å². The molecule has 0 fully saturated rings. The van der Waals surface area contributed by atoms with Gasteiger partial charge < -0.3 is 10.5 Å². The number of hydrogen-bond acceptors (Lipinski definition) is 3. The van der Waals surface area contributed by atoms with Crippen molar-refractivity contribution in [3.63, 3.8) is 0 Å². The van der Waals surface area contributed by atoms with E-state index in [0.29, 0.717) is 5.75 Å². The zero-order valence-electron chi connectivity index (χ0n) is 9.41. The number of ether oxygens (including phenoxy) is 1. The van der Waals surface area contributed by atoms with Crippen LogP contribution in [0.5, 0.6) is 5.75 Å². The molecular weight excluding hydrogens is 190 g/mol. The Hall–Kier alpha value is -1.35. The largest absolute Gasteiger partial charge is 0.427 e. The molecule has 3 nitrogen and oxygen atoms in total. The highest BCUT2D eigenvalue weighted by molar-refractivity contribution is 5.69. The van der Waals surface area contributed by atoms with Crippen molar-refractivity contribution in [1.82, 2.24) is 0 Å². The molecule has 1 aromatic rings. The van der Waals surface area contributed by atoms with Crippen LogP contribution in [0.1, 0.15) is 26.3 Å². The molecule has 0 aliphatic rings. The van der Waals surface area contributed by atoms with Crippen molar-refractivity contribution in [3.05, 3.63) is 29.8 Å². The fourth-order valence-corrected chi connectivity index (χ4v) is 1.41. The summed E-state index contributed by atoms with van der Waals surface area (Å²) in [5.74, 6) is 0.267. The average Bonchev–Trinajstić information content (AvgIpc) is 1.99. The van der Waals surface area contributed by atoms with Gasteiger partial charge in [-0.05, 0) is 38.0 Å². The minimum absolute atomic E-state index is 0.255. The van der Waals surface area contributed by atoms with Gasteiger partial charge in [0.2, 0.25) is 0 Å². The van der Waals surface area contributed by atoms with E-state index in [-0.39, 0.29) is 11.5 Å². The van der Waals surface area contributed by atoms with Crippen LogP contribution in [0.2, 0.25) is 0 Å². The number of esters is 1. The Morgan fingerprint density at radius 2 is 2.13 bits per heavy atom. The Bertz CT molecular complexity index is 353. The molecule has 0 atom stereocenters. The first-order valence-electron chi connectivity index (χ1n) is 4.93. The Kier molecular flexibility index (Phi) is 3.48. The highest BCUT2D eigenvalue weighted by atomic mass is 16.5. The molecule has 1 rings (SSSR count). The minimum atomic E-state index is -0.306. The summed E-state index contributed by atoms with van der Waals surface area (Å²) in [5, 5.41) is 0. The summed E-state index contributed by atoms with van der Waals surface area (Å²) in [6.07, 6.45) is 0.752. The van der Waals surface area contributed by atoms with Gasteiger partial charge in [0.05, 0.1) is 0 Å². The summed E-state index contributed by atoms with van der Waals surface area (Å²) in [7, 11) is 0. The normalized spacial score (nSPS) is 11.2. The van der Waals surface area contributed by atoms with Gasteiger partial charge >= 0.3 is 5.97 Å². The van der Waals surface area contributed by atoms with Crippen LogP contribution < -0.4 is 10.5 Å². The maximum atomic E-state index is 10.8. The first kappa shape index (κ1) is 11.7. The highest BCUT2D eigenvalue weighted by Gasteiger charge is 2.12. The van der Waals surface area contributed by atoms with Crippen LogP contribution in [0.3, 0.4) is 0 Å². The molecule has 1 aromatic carbocycles. The number of carbonyl (C=O) groups is 1. The third-order valence-electron chi connectivity index (χ3n) is 1.82. The third kappa shape index (κ3) is 4.61. The van der Waals surface area contributed by atoms with Crippen LogP contribution in [-0.2, 0) is 11.2 Å². The van der Waals surface area contributed by atoms with Crippen LogP contribution in [0.25, 0.3) is 0 Å². The molecule has 0 unspecified atom stereocenters. The highest BCUT2D eigenvalue weighted by Crippen LogP contribution is 2.17. The lowest BCUT2D eigenvalue weighted by atomic mass is 9.96. The number of rotatable bonds is 3. The van der Waals surface area contributed by atoms with E-state index >= 15 is 0 Å². The van der Waals surface area contributed by atoms with Gasteiger partial charge in [-0.3, -0.25) is 4.79 Å². The van der Waals surface area contributed by atoms with E-state index in [1.165, 1.54) is 6.92 Å². The summed E-state index contributed by atoms with van der Waals surface area (Å²) in [6.45, 7) is 5.32. The van der Waals surface area contributed by atoms with E-state index < -0.39 is 0 Å². The second kappa shape index (κ2) is 4.45. The van der Waals surface area contributed by atoms with Crippen molar-refractivity contribution in [3.8, 4) is 5.75 Å². The molecule has 3 heteroatoms. The molecule has 0 aliphatic carbocycles. The molecular formula is C12H17NO2. The van der Waals surface area contributed by atoms with Gasteiger partial charge in [-0.1, -0.05) is 12.1 Å². The number of nitrogens with two attached hydrogens (primary N) is 1. The Labute approximate surface area is 90.2 Å². The van der Waals surface area contributed by atoms with Crippen LogP contribution in [-0.4, -0.2) is 11.5 Å². The van der Waals surface area contributed by atoms with Crippen LogP contribution >= 0.6 is 0 Å². The summed E-state index contributed by atoms with van der Waals surface area (Å²) in [5.41, 5.74) is 6.73. The van der Waals surface area contributed by atoms with Gasteiger partial charge in [0.15, 0.2) is 0 Å². The van der Waals surface area contributed by atoms with E-state index in [2.05, 4.69) is 0 Å². The summed E-state index contributed by atoms with van der Waals surface area (Å²) >= 11 is 0. The lowest BCUT2D eigenvalue weighted by Crippen LogP contribution is -2.34. The minimum Gasteiger partial charge on any atom is -0.427 e. The number of hydrogen-bond donors (Lipinski definition) is 1. The summed E-state index contributed by atoms with van der Waals surface area (Å²) in [6, 6.07) is 7.44. The molecule has 2 N–H and O–H groups in total. The smallest absolute Gasteiger partial charge is 0.308 e. The second-order valence-corrected chi connectivity index (χ2v) is 4.41. The third-order valence-corrected chi connectivity index (χ3v) is 1.82. The zero-order chi connectivity index (χ0) is 11.5. The van der Waals surface area contributed by atoms with E-state index in [1.54, 1.807) is 6.07 Å². The molecule has 0 saturated carbocycles. The van der Waals surface area contributed by atoms with E-state index in [1.807, 2.05) is 32.0 Å². The van der Waals surface area contributed by atoms with E-state index in [4.69, 9.17) is 10.5 Å². The van der Waals surface area contributed by atoms with Crippen molar-refractivity contribution in [2.45, 2.75) is 32.7 Å². The lowest BCUT2D eigenvalue weighted by Gasteiger charge is -2.18. The summed E-state index contributed by atoms with van der Waals surface area (Å²) in [4.78, 5) is 10.8. The molecule has 15 heavy (non-hydrogen) atoms. The van der Waals surface area contributed by atoms with Crippen molar-refractivity contribution in [2.75, 3.05) is 0 Å². The second-order valence-electron chi connectivity index (χ2n) is 4.41. The quantitative estimate of drug-likeness (QED) is 0.608. The first-order valence-corrected chi connectivity index (χ1v) is 4.93. The fourth-order valence-electron chi connectivity index (χ4n) is 1.41. The number of carbonyl (C=O) groups excluding carboxylic acids is 1. The van der Waals surface area contributed by atoms with Crippen LogP contribution in [0.4, 0.5) is 0 Å². The molecule has 0 bridgehead atoms. The molecule has 0 aliphatic heterocycles. The summed E-state index contributed by atoms with van der Waals surface area (Å²) < 4.78 is 4.99. The Morgan fingerprint density at radius 1 is 1.47 bits per heavy atom. The van der Waals surface area contributed by atoms with E-state index in [0.717, 1.165) is 12.0 Å². The van der Waals surface area contributed by atoms with Gasteiger partial charge in [-0.2, -0.15) is 0 Å². The monoisotopic (exact) mass is 207 g/mol. The fraction of sp³-hybridized carbons (Fsp3) is 0.417. The van der Waals surface area contributed by atoms with Crippen molar-refractivity contribution in [2.24, 2.45) is 5.73 Å². The van der Waals surface area contributed by atoms with Crippen LogP contribution in [0, 0.1) is 0 Å². The zero-order valence-corrected chi connectivity index (χ0v) is 9.41. The molecule has 82 valence electrons. The molecule has 0 saturated heterocycles. The predicted octanol–water partition coefficient (Wildman–Crippen LogP) is 1.89. The van der Waals surface area contributed by atoms with Crippen molar-refractivity contribution >= 4 is 5.97 Å². The Balaban J connectivity index is 2.79. The molecule has 0 heterocycles. The SMILES string of the molecule is CC(=O)Oc1cccc(CC(C)(C)N)c1. The molecule has 0 spiro atoms. The lowest BCUT2D eigenvalue weighted by molar-refractivity contribution is -0.131. The van der Waals surface area contributed by atoms with Gasteiger partial charge in [0.1, 0.15) is 5.75 Å². The van der Waals surface area contributed by atoms with Gasteiger partial charge in [0.25, 0.3) is 0 Å². The maximum absolute atomic E-state index is 10.8. The van der Waals surface area contributed by atoms with E-state index in [9.17, 15) is 4.79 Å². The van der Waals surface area contributed by atoms with Gasteiger partial charge in [0, 0.05) is 12.5 Å². The van der Waals surface area contributed by atoms with Crippen molar-refractivity contribution in [1.29, 1.82) is 0 Å². The molecule has 0 amide bonds. The van der Waals surface area contributed by atoms with Gasteiger partial charge in [-0.15, -0.1) is 0 Å². The average molecular weight is 207 g/mol. The standard InChI is InChI=1S/C12H17NO2/c1-9(14)15-11-6-4-5-10(7-11)8-12(2,3)13/h4-7H,8,13H2,1-3H3. The number of benzene rings is 1. The van der Waals surface area contributed by atoms with Crippen molar-refractivity contribution < 1.29 is 9.53 Å². The molecule has 0 aromatic heterocycles. The molecule has 0 radical (unpaired) electrons. The maximum Gasteiger partial charge on any atom is 0.308 e. The van der Waals surface area contributed by atoms with Crippen LogP contribution in [0.15, 0.2) is 24.3 Å². The topological polar surface area (TPSA) is 52.3 Å². The first-order chi connectivity index (χ1) is 6.87. The predicted molar refractivity (Wildman–Crippen MR) is 59.7 cm³/mol.